The summed E-state index contributed by atoms with van der Waals surface area (Å²) in [4.78, 5) is 51.3. The van der Waals surface area contributed by atoms with Crippen LogP contribution < -0.4 is 10.6 Å². The van der Waals surface area contributed by atoms with Crippen molar-refractivity contribution in [3.8, 4) is 0 Å². The van der Waals surface area contributed by atoms with Crippen molar-refractivity contribution in [2.75, 3.05) is 39.3 Å². The van der Waals surface area contributed by atoms with Crippen molar-refractivity contribution in [1.82, 2.24) is 20.4 Å². The Balaban J connectivity index is 4.90. The van der Waals surface area contributed by atoms with Crippen molar-refractivity contribution in [3.05, 3.63) is 48.6 Å². The summed E-state index contributed by atoms with van der Waals surface area (Å²) in [6.45, 7) is 23.0. The van der Waals surface area contributed by atoms with Gasteiger partial charge in [0.1, 0.15) is 0 Å². The van der Waals surface area contributed by atoms with Crippen molar-refractivity contribution in [2.45, 2.75) is 34.1 Å². The van der Waals surface area contributed by atoms with Crippen molar-refractivity contribution >= 4 is 23.6 Å². The van der Waals surface area contributed by atoms with Crippen LogP contribution in [0.5, 0.6) is 0 Å². The van der Waals surface area contributed by atoms with Gasteiger partial charge in [0.05, 0.1) is 0 Å². The van der Waals surface area contributed by atoms with Gasteiger partial charge in [0.2, 0.25) is 23.6 Å². The molecule has 0 atom stereocenters. The first-order valence-electron chi connectivity index (χ1n) is 10.1. The molecule has 0 aliphatic heterocycles. The molecule has 4 amide bonds. The van der Waals surface area contributed by atoms with Gasteiger partial charge in [0.15, 0.2) is 0 Å². The molecule has 0 aromatic heterocycles. The fourth-order valence-corrected chi connectivity index (χ4v) is 2.53. The number of rotatable bonds is 14. The topological polar surface area (TPSA) is 98.8 Å². The number of nitrogens with one attached hydrogen (secondary N) is 2. The summed E-state index contributed by atoms with van der Waals surface area (Å²) in [5, 5.41) is 5.40. The molecular weight excluding hydrogens is 396 g/mol. The second kappa shape index (κ2) is 14.0. The molecule has 0 rings (SSSR count). The number of hydrogen-bond donors (Lipinski definition) is 2. The number of carbonyl (C=O) groups is 4. The second-order valence-electron chi connectivity index (χ2n) is 7.57. The van der Waals surface area contributed by atoms with Crippen molar-refractivity contribution < 1.29 is 19.2 Å². The molecule has 0 aliphatic carbocycles. The van der Waals surface area contributed by atoms with Gasteiger partial charge in [0, 0.05) is 61.6 Å². The molecule has 0 aromatic carbocycles. The molecule has 8 nitrogen and oxygen atoms in total. The lowest BCUT2D eigenvalue weighted by Gasteiger charge is -2.27. The smallest absolute Gasteiger partial charge is 0.248 e. The predicted molar refractivity (Wildman–Crippen MR) is 123 cm³/mol. The van der Waals surface area contributed by atoms with E-state index in [0.717, 1.165) is 0 Å². The van der Waals surface area contributed by atoms with E-state index in [9.17, 15) is 19.2 Å². The molecule has 0 fully saturated rings. The maximum atomic E-state index is 12.4. The van der Waals surface area contributed by atoms with Gasteiger partial charge >= 0.3 is 0 Å². The van der Waals surface area contributed by atoms with Crippen LogP contribution in [0.1, 0.15) is 34.1 Å². The zero-order valence-electron chi connectivity index (χ0n) is 19.3. The third kappa shape index (κ3) is 11.0. The molecule has 0 aliphatic rings. The molecule has 0 spiro atoms. The van der Waals surface area contributed by atoms with Gasteiger partial charge in [-0.2, -0.15) is 0 Å². The quantitative estimate of drug-likeness (QED) is 0.407. The van der Waals surface area contributed by atoms with E-state index >= 15 is 0 Å². The first kappa shape index (κ1) is 27.8. The monoisotopic (exact) mass is 432 g/mol. The average Bonchev–Trinajstić information content (AvgIpc) is 2.69. The van der Waals surface area contributed by atoms with Gasteiger partial charge in [-0.1, -0.05) is 26.3 Å². The fraction of sp³-hybridized carbons (Fsp3) is 0.478. The van der Waals surface area contributed by atoms with E-state index < -0.39 is 0 Å². The molecule has 0 radical (unpaired) electrons. The molecule has 2 N–H and O–H groups in total. The first-order valence-corrected chi connectivity index (χ1v) is 10.1. The lowest BCUT2D eigenvalue weighted by Crippen LogP contribution is -2.42. The first-order chi connectivity index (χ1) is 14.4. The molecule has 172 valence electrons. The van der Waals surface area contributed by atoms with Crippen molar-refractivity contribution in [1.29, 1.82) is 0 Å². The van der Waals surface area contributed by atoms with Crippen LogP contribution in [0.3, 0.4) is 0 Å². The minimum absolute atomic E-state index is 0.212. The Labute approximate surface area is 185 Å². The van der Waals surface area contributed by atoms with Crippen LogP contribution in [0, 0.1) is 0 Å². The molecule has 0 heterocycles. The largest absolute Gasteiger partial charge is 0.351 e. The number of nitrogens with zero attached hydrogens (tertiary/aromatic N) is 2. The van der Waals surface area contributed by atoms with E-state index in [1.54, 1.807) is 37.5 Å². The highest BCUT2D eigenvalue weighted by atomic mass is 16.2. The molecular formula is C23H36N4O4. The van der Waals surface area contributed by atoms with Crippen LogP contribution in [0.4, 0.5) is 0 Å². The van der Waals surface area contributed by atoms with E-state index in [2.05, 4.69) is 36.9 Å². The maximum Gasteiger partial charge on any atom is 0.248 e. The minimum Gasteiger partial charge on any atom is -0.351 e. The SMILES string of the molecule is C=C(C)C(=O)NCCN(CCCN(CCNC(=O)C(=C)C)C(=O)C(=C)C)C(=O)C(=C)C. The Hall–Kier alpha value is -3.16. The summed E-state index contributed by atoms with van der Waals surface area (Å²) in [6, 6.07) is 0. The van der Waals surface area contributed by atoms with E-state index in [0.29, 0.717) is 54.9 Å². The van der Waals surface area contributed by atoms with Gasteiger partial charge in [-0.3, -0.25) is 19.2 Å². The molecule has 0 unspecified atom stereocenters. The molecule has 0 bridgehead atoms. The van der Waals surface area contributed by atoms with Crippen molar-refractivity contribution in [2.24, 2.45) is 0 Å². The highest BCUT2D eigenvalue weighted by Crippen LogP contribution is 2.04. The normalized spacial score (nSPS) is 9.94. The number of carbonyl (C=O) groups excluding carboxylic acids is 4. The molecule has 0 saturated heterocycles. The van der Waals surface area contributed by atoms with Gasteiger partial charge in [-0.05, 0) is 34.1 Å². The molecule has 0 aromatic rings. The number of amides is 4. The van der Waals surface area contributed by atoms with Gasteiger partial charge < -0.3 is 20.4 Å². The van der Waals surface area contributed by atoms with E-state index in [-0.39, 0.29) is 36.7 Å². The van der Waals surface area contributed by atoms with Crippen LogP contribution in [0.15, 0.2) is 48.6 Å². The Bertz CT molecular complexity index is 693. The fourth-order valence-electron chi connectivity index (χ4n) is 2.53. The summed E-state index contributed by atoms with van der Waals surface area (Å²) in [6.07, 6.45) is 0.515. The average molecular weight is 433 g/mol. The summed E-state index contributed by atoms with van der Waals surface area (Å²) in [7, 11) is 0. The highest BCUT2D eigenvalue weighted by molar-refractivity contribution is 5.94. The van der Waals surface area contributed by atoms with E-state index in [1.165, 1.54) is 0 Å². The summed E-state index contributed by atoms with van der Waals surface area (Å²) in [5.41, 5.74) is 1.57. The third-order valence-corrected chi connectivity index (χ3v) is 4.27. The van der Waals surface area contributed by atoms with Crippen LogP contribution in [-0.2, 0) is 19.2 Å². The standard InChI is InChI=1S/C23H36N4O4/c1-16(2)20(28)24-10-14-26(22(30)18(5)6)12-9-13-27(23(31)19(7)8)15-11-25-21(29)17(3)4/h1,3,5,7,9-15H2,2,4,6,8H3,(H,24,28)(H,25,29). The predicted octanol–water partition coefficient (Wildman–Crippen LogP) is 1.57. The summed E-state index contributed by atoms with van der Waals surface area (Å²) < 4.78 is 0. The number of hydrogen-bond acceptors (Lipinski definition) is 4. The van der Waals surface area contributed by atoms with Gasteiger partial charge in [-0.15, -0.1) is 0 Å². The van der Waals surface area contributed by atoms with E-state index in [1.807, 2.05) is 0 Å². The lowest BCUT2D eigenvalue weighted by atomic mass is 10.2. The minimum atomic E-state index is -0.266. The van der Waals surface area contributed by atoms with Crippen LogP contribution in [-0.4, -0.2) is 72.7 Å². The third-order valence-electron chi connectivity index (χ3n) is 4.27. The Morgan fingerprint density at radius 3 is 1.16 bits per heavy atom. The maximum absolute atomic E-state index is 12.4. The Kier molecular flexibility index (Phi) is 12.5. The Morgan fingerprint density at radius 1 is 0.581 bits per heavy atom. The van der Waals surface area contributed by atoms with Crippen LogP contribution >= 0.6 is 0 Å². The molecule has 8 heteroatoms. The molecule has 31 heavy (non-hydrogen) atoms. The van der Waals surface area contributed by atoms with Crippen molar-refractivity contribution in [3.63, 3.8) is 0 Å². The van der Waals surface area contributed by atoms with E-state index in [4.69, 9.17) is 0 Å². The van der Waals surface area contributed by atoms with Gasteiger partial charge in [-0.25, -0.2) is 0 Å². The lowest BCUT2D eigenvalue weighted by molar-refractivity contribution is -0.128. The summed E-state index contributed by atoms with van der Waals surface area (Å²) in [5.74, 6) is -0.956. The molecule has 0 saturated carbocycles. The van der Waals surface area contributed by atoms with Gasteiger partial charge in [0.25, 0.3) is 0 Å². The zero-order chi connectivity index (χ0) is 24.1. The zero-order valence-corrected chi connectivity index (χ0v) is 19.3. The Morgan fingerprint density at radius 2 is 0.903 bits per heavy atom. The summed E-state index contributed by atoms with van der Waals surface area (Å²) >= 11 is 0. The van der Waals surface area contributed by atoms with Crippen LogP contribution in [0.25, 0.3) is 0 Å². The van der Waals surface area contributed by atoms with Crippen LogP contribution in [0.2, 0.25) is 0 Å². The second-order valence-corrected chi connectivity index (χ2v) is 7.57. The highest BCUT2D eigenvalue weighted by Gasteiger charge is 2.18.